The molecule has 5 rings (SSSR count). The molecule has 7 heteroatoms. The summed E-state index contributed by atoms with van der Waals surface area (Å²) < 4.78 is 7.48. The molecule has 3 aromatic heterocycles. The second kappa shape index (κ2) is 6.50. The van der Waals surface area contributed by atoms with Crippen molar-refractivity contribution in [1.82, 2.24) is 24.7 Å². The molecule has 136 valence electrons. The number of fused-ring (bicyclic) bond motifs is 1. The lowest BCUT2D eigenvalue weighted by Gasteiger charge is -2.32. The Hall–Kier alpha value is -3.22. The van der Waals surface area contributed by atoms with Gasteiger partial charge in [-0.15, -0.1) is 0 Å². The number of hydrogen-bond donors (Lipinski definition) is 0. The summed E-state index contributed by atoms with van der Waals surface area (Å²) in [5, 5.41) is 8.58. The van der Waals surface area contributed by atoms with Gasteiger partial charge in [-0.3, -0.25) is 0 Å². The fraction of sp³-hybridized carbons (Fsp3) is 0.300. The maximum Gasteiger partial charge on any atom is 0.230 e. The van der Waals surface area contributed by atoms with Crippen LogP contribution < -0.4 is 4.90 Å². The van der Waals surface area contributed by atoms with E-state index >= 15 is 0 Å². The first kappa shape index (κ1) is 16.0. The molecule has 0 spiro atoms. The molecule has 0 radical (unpaired) electrons. The first-order valence-electron chi connectivity index (χ1n) is 9.23. The van der Waals surface area contributed by atoms with Crippen LogP contribution >= 0.6 is 0 Å². The highest BCUT2D eigenvalue weighted by atomic mass is 16.5. The highest BCUT2D eigenvalue weighted by Crippen LogP contribution is 2.31. The highest BCUT2D eigenvalue weighted by molar-refractivity contribution is 5.54. The van der Waals surface area contributed by atoms with E-state index in [-0.39, 0.29) is 0 Å². The number of rotatable bonds is 3. The molecule has 1 aliphatic heterocycles. The fourth-order valence-electron chi connectivity index (χ4n) is 3.70. The van der Waals surface area contributed by atoms with Crippen LogP contribution in [-0.2, 0) is 0 Å². The van der Waals surface area contributed by atoms with Gasteiger partial charge in [0.25, 0.3) is 0 Å². The Balaban J connectivity index is 1.33. The third kappa shape index (κ3) is 2.95. The van der Waals surface area contributed by atoms with Gasteiger partial charge >= 0.3 is 0 Å². The Labute approximate surface area is 156 Å². The van der Waals surface area contributed by atoms with Crippen LogP contribution in [0.1, 0.15) is 30.3 Å². The van der Waals surface area contributed by atoms with Gasteiger partial charge in [-0.25, -0.2) is 4.98 Å². The Bertz CT molecular complexity index is 1060. The van der Waals surface area contributed by atoms with E-state index in [1.165, 1.54) is 0 Å². The van der Waals surface area contributed by atoms with Gasteiger partial charge in [0.05, 0.1) is 6.20 Å². The van der Waals surface area contributed by atoms with Gasteiger partial charge in [-0.1, -0.05) is 35.5 Å². The Morgan fingerprint density at radius 2 is 1.85 bits per heavy atom. The van der Waals surface area contributed by atoms with Gasteiger partial charge in [-0.2, -0.15) is 14.6 Å². The normalized spacial score (nSPS) is 15.5. The molecule has 1 saturated heterocycles. The first-order valence-corrected chi connectivity index (χ1v) is 9.23. The van der Waals surface area contributed by atoms with Crippen molar-refractivity contribution in [2.45, 2.75) is 25.7 Å². The number of nitrogens with zero attached hydrogens (tertiary/aromatic N) is 6. The van der Waals surface area contributed by atoms with Crippen LogP contribution in [0.3, 0.4) is 0 Å². The molecule has 0 bridgehead atoms. The monoisotopic (exact) mass is 360 g/mol. The average molecular weight is 360 g/mol. The van der Waals surface area contributed by atoms with Crippen LogP contribution in [0.4, 0.5) is 5.82 Å². The third-order valence-electron chi connectivity index (χ3n) is 5.11. The maximum atomic E-state index is 5.57. The van der Waals surface area contributed by atoms with Crippen molar-refractivity contribution in [2.24, 2.45) is 0 Å². The summed E-state index contributed by atoms with van der Waals surface area (Å²) in [6.45, 7) is 3.87. The SMILES string of the molecule is Cc1cc(N2CCC(c3nc(-c4ccccc4)no3)CC2)n2nccc2n1. The number of hydrogen-bond acceptors (Lipinski definition) is 6. The largest absolute Gasteiger partial charge is 0.356 e. The van der Waals surface area contributed by atoms with Gasteiger partial charge in [0.15, 0.2) is 5.65 Å². The minimum atomic E-state index is 0.294. The quantitative estimate of drug-likeness (QED) is 0.557. The predicted octanol–water partition coefficient (Wildman–Crippen LogP) is 3.47. The molecule has 1 aliphatic rings. The van der Waals surface area contributed by atoms with Crippen molar-refractivity contribution in [2.75, 3.05) is 18.0 Å². The number of benzene rings is 1. The van der Waals surface area contributed by atoms with Gasteiger partial charge in [0.1, 0.15) is 5.82 Å². The van der Waals surface area contributed by atoms with Crippen molar-refractivity contribution in [3.8, 4) is 11.4 Å². The van der Waals surface area contributed by atoms with Crippen LogP contribution in [0.15, 0.2) is 53.2 Å². The zero-order valence-corrected chi connectivity index (χ0v) is 15.1. The summed E-state index contributed by atoms with van der Waals surface area (Å²) in [6, 6.07) is 14.0. The number of anilines is 1. The summed E-state index contributed by atoms with van der Waals surface area (Å²) in [5.41, 5.74) is 2.87. The van der Waals surface area contributed by atoms with Crippen LogP contribution in [0.25, 0.3) is 17.0 Å². The zero-order chi connectivity index (χ0) is 18.2. The Morgan fingerprint density at radius 1 is 1.04 bits per heavy atom. The van der Waals surface area contributed by atoms with E-state index in [0.29, 0.717) is 11.7 Å². The Morgan fingerprint density at radius 3 is 2.67 bits per heavy atom. The molecule has 27 heavy (non-hydrogen) atoms. The van der Waals surface area contributed by atoms with E-state index in [2.05, 4.69) is 31.2 Å². The maximum absolute atomic E-state index is 5.57. The highest BCUT2D eigenvalue weighted by Gasteiger charge is 2.27. The molecule has 4 aromatic rings. The zero-order valence-electron chi connectivity index (χ0n) is 15.1. The number of piperidine rings is 1. The van der Waals surface area contributed by atoms with E-state index < -0.39 is 0 Å². The fourth-order valence-corrected chi connectivity index (χ4v) is 3.70. The summed E-state index contributed by atoms with van der Waals surface area (Å²) in [6.07, 6.45) is 3.74. The number of aromatic nitrogens is 5. The summed E-state index contributed by atoms with van der Waals surface area (Å²) >= 11 is 0. The molecule has 0 saturated carbocycles. The lowest BCUT2D eigenvalue weighted by atomic mass is 9.96. The van der Waals surface area contributed by atoms with Crippen molar-refractivity contribution in [3.63, 3.8) is 0 Å². The van der Waals surface area contributed by atoms with Crippen molar-refractivity contribution < 1.29 is 4.52 Å². The van der Waals surface area contributed by atoms with Gasteiger partial charge in [0.2, 0.25) is 11.7 Å². The molecule has 1 aromatic carbocycles. The van der Waals surface area contributed by atoms with Crippen molar-refractivity contribution >= 4 is 11.5 Å². The van der Waals surface area contributed by atoms with Gasteiger partial charge in [-0.05, 0) is 19.8 Å². The van der Waals surface area contributed by atoms with Crippen molar-refractivity contribution in [3.05, 3.63) is 60.2 Å². The van der Waals surface area contributed by atoms with Gasteiger partial charge in [0, 0.05) is 42.4 Å². The smallest absolute Gasteiger partial charge is 0.230 e. The molecular weight excluding hydrogens is 340 g/mol. The Kier molecular flexibility index (Phi) is 3.85. The molecular formula is C20H20N6O. The van der Waals surface area contributed by atoms with Crippen LogP contribution in [0.5, 0.6) is 0 Å². The predicted molar refractivity (Wildman–Crippen MR) is 102 cm³/mol. The third-order valence-corrected chi connectivity index (χ3v) is 5.11. The molecule has 1 fully saturated rings. The molecule has 0 unspecified atom stereocenters. The van der Waals surface area contributed by atoms with E-state index in [1.807, 2.05) is 47.8 Å². The van der Waals surface area contributed by atoms with E-state index in [1.54, 1.807) is 6.20 Å². The lowest BCUT2D eigenvalue weighted by Crippen LogP contribution is -2.34. The van der Waals surface area contributed by atoms with E-state index in [4.69, 9.17) is 4.52 Å². The van der Waals surface area contributed by atoms with E-state index in [0.717, 1.165) is 54.5 Å². The molecule has 0 N–H and O–H groups in total. The molecule has 4 heterocycles. The second-order valence-electron chi connectivity index (χ2n) is 6.94. The lowest BCUT2D eigenvalue weighted by molar-refractivity contribution is 0.329. The average Bonchev–Trinajstić information content (AvgIpc) is 3.38. The minimum Gasteiger partial charge on any atom is -0.356 e. The summed E-state index contributed by atoms with van der Waals surface area (Å²) in [5.74, 6) is 2.79. The molecule has 0 amide bonds. The second-order valence-corrected chi connectivity index (χ2v) is 6.94. The van der Waals surface area contributed by atoms with E-state index in [9.17, 15) is 0 Å². The van der Waals surface area contributed by atoms with Gasteiger partial charge < -0.3 is 9.42 Å². The summed E-state index contributed by atoms with van der Waals surface area (Å²) in [4.78, 5) is 11.5. The standard InChI is InChI=1S/C20H20N6O/c1-14-13-18(26-17(22-14)7-10-21-26)25-11-8-16(9-12-25)20-23-19(24-27-20)15-5-3-2-4-6-15/h2-7,10,13,16H,8-9,11-12H2,1H3. The number of aryl methyl sites for hydroxylation is 1. The van der Waals surface area contributed by atoms with Crippen LogP contribution in [-0.4, -0.2) is 37.8 Å². The topological polar surface area (TPSA) is 72.4 Å². The van der Waals surface area contributed by atoms with Crippen LogP contribution in [0.2, 0.25) is 0 Å². The first-order chi connectivity index (χ1) is 13.3. The van der Waals surface area contributed by atoms with Crippen molar-refractivity contribution in [1.29, 1.82) is 0 Å². The van der Waals surface area contributed by atoms with Crippen LogP contribution in [0, 0.1) is 6.92 Å². The molecule has 7 nitrogen and oxygen atoms in total. The summed E-state index contributed by atoms with van der Waals surface area (Å²) in [7, 11) is 0. The minimum absolute atomic E-state index is 0.294. The molecule has 0 aliphatic carbocycles. The molecule has 0 atom stereocenters.